The third-order valence-corrected chi connectivity index (χ3v) is 59.2. The van der Waals surface area contributed by atoms with Crippen molar-refractivity contribution < 1.29 is 58.1 Å². The monoisotopic (exact) mass is 1570 g/mol. The Balaban J connectivity index is 0.000000329. The number of pyridine rings is 4. The van der Waals surface area contributed by atoms with Crippen LogP contribution in [0.25, 0.3) is 43.9 Å². The molecule has 34 heteroatoms. The summed E-state index contributed by atoms with van der Waals surface area (Å²) < 4.78 is 9.15. The van der Waals surface area contributed by atoms with E-state index in [1.807, 2.05) is 7.05 Å². The zero-order chi connectivity index (χ0) is 75.5. The molecule has 25 nitrogen and oxygen atoms in total. The van der Waals surface area contributed by atoms with Gasteiger partial charge in [0.1, 0.15) is 34.2 Å². The quantitative estimate of drug-likeness (QED) is 0.00610. The predicted octanol–water partition coefficient (Wildman–Crippen LogP) is 14.3. The Labute approximate surface area is 610 Å². The van der Waals surface area contributed by atoms with Crippen LogP contribution in [-0.4, -0.2) is 121 Å². The van der Waals surface area contributed by atoms with Gasteiger partial charge in [0.25, 0.3) is 0 Å². The highest BCUT2D eigenvalue weighted by molar-refractivity contribution is 9.10. The lowest BCUT2D eigenvalue weighted by molar-refractivity contribution is -0.145. The van der Waals surface area contributed by atoms with Gasteiger partial charge in [0, 0.05) is 95.8 Å². The first-order valence-corrected chi connectivity index (χ1v) is 48.9. The average Bonchev–Trinajstić information content (AvgIpc) is 1.23. The van der Waals surface area contributed by atoms with Crippen LogP contribution in [0.3, 0.4) is 0 Å². The van der Waals surface area contributed by atoms with Gasteiger partial charge in [-0.1, -0.05) is 98.1 Å². The highest BCUT2D eigenvalue weighted by atomic mass is 33.2. The van der Waals surface area contributed by atoms with Crippen molar-refractivity contribution in [3.8, 4) is 0 Å². The van der Waals surface area contributed by atoms with Crippen molar-refractivity contribution >= 4 is 165 Å². The maximum Gasteiger partial charge on any atom is 0.354 e. The van der Waals surface area contributed by atoms with E-state index in [0.717, 1.165) is 107 Å². The number of carboxylic acids is 2. The number of hydrogen-bond donors (Lipinski definition) is 8. The van der Waals surface area contributed by atoms with Crippen LogP contribution in [0.1, 0.15) is 185 Å². The summed E-state index contributed by atoms with van der Waals surface area (Å²) in [4.78, 5) is 134. The molecule has 0 aliphatic carbocycles. The SMILES string of the molecule is CCCCCCCC(=O)O.CCCCCCCC(=O)On1nnc2cccnc21.CNCCCCCC(=O)Cc1ccc2[nH]c(C(=O)OC)cc(=O)c2c1.COC(=O)c1cc(=O)c2cc(N)ccc2[nH]1.NCCCCCC(=O)Cc1ccc2[nH]c(C(=O)O)cc(=O)c2c1.PPP(P(P)P)P(P)P. The second-order valence-electron chi connectivity index (χ2n) is 23.1. The number of unbranched alkanes of at least 4 members (excludes halogenated alkanes) is 12. The molecule has 0 amide bonds. The maximum atomic E-state index is 12.2. The Bertz CT molecular complexity index is 4150. The van der Waals surface area contributed by atoms with Crippen molar-refractivity contribution in [1.29, 1.82) is 0 Å². The van der Waals surface area contributed by atoms with E-state index >= 15 is 0 Å². The highest BCUT2D eigenvalue weighted by Gasteiger charge is 2.17. The molecule has 10 N–H and O–H groups in total. The molecule has 5 heterocycles. The summed E-state index contributed by atoms with van der Waals surface area (Å²) in [6.07, 6.45) is 20.7. The summed E-state index contributed by atoms with van der Waals surface area (Å²) in [6.45, 7) is 6.56. The van der Waals surface area contributed by atoms with Crippen LogP contribution in [0, 0.1) is 0 Å². The molecule has 102 heavy (non-hydrogen) atoms. The second kappa shape index (κ2) is 51.3. The second-order valence-corrected chi connectivity index (χ2v) is 53.8. The van der Waals surface area contributed by atoms with Crippen molar-refractivity contribution in [2.75, 3.05) is 40.1 Å². The number of Topliss-reactive ketones (excluding diaryl/α,β-unsaturated/α-hetero) is 2. The van der Waals surface area contributed by atoms with Crippen molar-refractivity contribution in [3.63, 3.8) is 0 Å². The molecule has 556 valence electrons. The minimum absolute atomic E-state index is 0.116. The van der Waals surface area contributed by atoms with Crippen LogP contribution in [0.2, 0.25) is 0 Å². The van der Waals surface area contributed by atoms with Crippen molar-refractivity contribution in [2.45, 2.75) is 155 Å². The van der Waals surface area contributed by atoms with Gasteiger partial charge >= 0.3 is 29.8 Å². The van der Waals surface area contributed by atoms with Gasteiger partial charge in [-0.05, 0) is 155 Å². The Kier molecular flexibility index (Phi) is 45.5. The number of esters is 2. The number of carboxylic acid groups (broad SMARTS) is 2. The van der Waals surface area contributed by atoms with E-state index in [1.165, 1.54) is 58.5 Å². The van der Waals surface area contributed by atoms with Gasteiger partial charge in [0.05, 0.1) is 19.7 Å². The number of carbonyl (C=O) groups excluding carboxylic acids is 5. The maximum absolute atomic E-state index is 12.2. The first kappa shape index (κ1) is 90.3. The number of aromatic amines is 3. The molecule has 0 spiro atoms. The molecule has 0 radical (unpaired) electrons. The van der Waals surface area contributed by atoms with Crippen LogP contribution in [0.4, 0.5) is 5.69 Å². The van der Waals surface area contributed by atoms with E-state index in [2.05, 4.69) is 104 Å². The summed E-state index contributed by atoms with van der Waals surface area (Å²) in [6, 6.07) is 22.1. The number of aliphatic carboxylic acids is 1. The minimum Gasteiger partial charge on any atom is -0.481 e. The number of methoxy groups -OCH3 is 2. The number of ketones is 2. The number of nitrogens with two attached hydrogens (primary N) is 2. The number of benzene rings is 3. The molecule has 0 aliphatic rings. The Morgan fingerprint density at radius 3 is 1.49 bits per heavy atom. The lowest BCUT2D eigenvalue weighted by Crippen LogP contribution is -2.21. The Morgan fingerprint density at radius 1 is 0.588 bits per heavy atom. The number of H-pyrrole nitrogens is 3. The van der Waals surface area contributed by atoms with E-state index in [-0.39, 0.29) is 71.3 Å². The Hall–Kier alpha value is -5.88. The molecule has 6 atom stereocenters. The summed E-state index contributed by atoms with van der Waals surface area (Å²) in [7, 11) is 20.1. The van der Waals surface area contributed by atoms with E-state index in [9.17, 15) is 47.9 Å². The smallest absolute Gasteiger partial charge is 0.354 e. The first-order chi connectivity index (χ1) is 48.8. The molecule has 0 fully saturated rings. The van der Waals surface area contributed by atoms with Crippen LogP contribution < -0.4 is 37.9 Å². The fraction of sp³-hybridized carbons (Fsp3) is 0.426. The third-order valence-electron chi connectivity index (χ3n) is 14.9. The number of nitrogens with zero attached hydrogens (tertiary/aromatic N) is 4. The molecule has 0 bridgehead atoms. The summed E-state index contributed by atoms with van der Waals surface area (Å²) >= 11 is 0. The molecule has 3 aromatic carbocycles. The van der Waals surface area contributed by atoms with Crippen LogP contribution in [0.5, 0.6) is 0 Å². The summed E-state index contributed by atoms with van der Waals surface area (Å²) in [5.74, 6) is -3.01. The number of aromatic carboxylic acids is 1. The van der Waals surface area contributed by atoms with Crippen molar-refractivity contribution in [2.24, 2.45) is 5.73 Å². The molecule has 0 saturated heterocycles. The first-order valence-electron chi connectivity index (χ1n) is 33.3. The molecular weight excluding hydrogens is 1480 g/mol. The van der Waals surface area contributed by atoms with Gasteiger partial charge < -0.3 is 56.3 Å². The van der Waals surface area contributed by atoms with Gasteiger partial charge in [-0.15, -0.1) is 49.7 Å². The fourth-order valence-electron chi connectivity index (χ4n) is 9.66. The van der Waals surface area contributed by atoms with Crippen molar-refractivity contribution in [1.82, 2.24) is 40.4 Å². The number of carbonyl (C=O) groups is 7. The number of ether oxygens (including phenoxy) is 2. The number of fused-ring (bicyclic) bond motifs is 4. The van der Waals surface area contributed by atoms with Crippen molar-refractivity contribution in [3.05, 3.63) is 150 Å². The molecule has 8 aromatic rings. The molecule has 0 aliphatic heterocycles. The highest BCUT2D eigenvalue weighted by Crippen LogP contribution is 3.04. The van der Waals surface area contributed by atoms with Crippen LogP contribution >= 0.6 is 73.6 Å². The van der Waals surface area contributed by atoms with Gasteiger partial charge in [0.2, 0.25) is 5.65 Å². The largest absolute Gasteiger partial charge is 0.481 e. The summed E-state index contributed by atoms with van der Waals surface area (Å²) in [5.41, 5.74) is 14.9. The van der Waals surface area contributed by atoms with Gasteiger partial charge in [-0.25, -0.2) is 24.2 Å². The number of nitrogen functional groups attached to an aromatic ring is 1. The molecule has 0 saturated carbocycles. The number of hydrogen-bond acceptors (Lipinski definition) is 19. The summed E-state index contributed by atoms with van der Waals surface area (Å²) in [5, 5.41) is 29.2. The van der Waals surface area contributed by atoms with E-state index in [0.29, 0.717) is 95.2 Å². The van der Waals surface area contributed by atoms with Crippen LogP contribution in [0.15, 0.2) is 106 Å². The minimum atomic E-state index is -1.18. The lowest BCUT2D eigenvalue weighted by Gasteiger charge is -2.22. The predicted molar refractivity (Wildman–Crippen MR) is 434 cm³/mol. The number of rotatable bonds is 34. The topological polar surface area (TPSA) is 394 Å². The molecular formula is C68H99N10O15P9. The molecule has 8 rings (SSSR count). The number of aromatic nitrogens is 7. The zero-order valence-electron chi connectivity index (χ0n) is 58.5. The van der Waals surface area contributed by atoms with Gasteiger partial charge in [0.15, 0.2) is 16.3 Å². The molecule has 5 aromatic heterocycles. The number of nitrogens with one attached hydrogen (secondary N) is 4. The van der Waals surface area contributed by atoms with E-state index in [1.54, 1.807) is 72.9 Å². The molecule has 6 unspecified atom stereocenters. The third kappa shape index (κ3) is 34.4. The van der Waals surface area contributed by atoms with E-state index < -0.39 is 23.9 Å². The number of anilines is 1. The lowest BCUT2D eigenvalue weighted by atomic mass is 10.0. The standard InChI is InChI=1S/C19H24N2O4.C17H20N2O4.C13H18N4O2.C11H10N2O3.C8H16O2.H11P9/c1-20-9-5-3-4-6-14(22)10-13-7-8-16-15(11-13)18(23)12-17(21-16)19(24)25-2;18-7-3-1-2-4-12(20)8-11-5-6-14-13(9-11)16(21)10-15(19-14)17(22)23;1-2-3-4-5-6-9-12(18)19-17-13-11(15-16-17)8-7-10-14-13;1-16-11(15)9-5-10(14)7-4-6(12)2-3-8(7)13-9;1-2-3-4-5-6-7-8(9)10;1-6-9(7(2)3)8(4)5/h7-8,11-12,20H,3-6,9-10H2,1-2H3,(H,21,23);5-6,9-10H,1-4,7-8,18H2,(H,19,21)(H,22,23);7-8,10H,2-6,9H2,1H3;2-5H,12H2,1H3,(H,13,14);2-7H2,1H3,(H,9,10);6H,1-5H2. The van der Waals surface area contributed by atoms with E-state index in [4.69, 9.17) is 26.5 Å². The normalized spacial score (nSPS) is 10.8. The van der Waals surface area contributed by atoms with Gasteiger partial charge in [-0.2, -0.15) is 0 Å². The zero-order valence-corrected chi connectivity index (χ0v) is 68.0. The van der Waals surface area contributed by atoms with Gasteiger partial charge in [-0.3, -0.25) is 28.8 Å². The van der Waals surface area contributed by atoms with Crippen LogP contribution in [-0.2, 0) is 41.5 Å². The fourth-order valence-corrected chi connectivity index (χ4v) is 70.8. The average molecular weight is 1580 g/mol. The Morgan fingerprint density at radius 2 is 1.04 bits per heavy atom.